The van der Waals surface area contributed by atoms with Gasteiger partial charge in [0.2, 0.25) is 15.9 Å². The van der Waals surface area contributed by atoms with Crippen LogP contribution in [0, 0.1) is 12.8 Å². The van der Waals surface area contributed by atoms with Gasteiger partial charge in [0.25, 0.3) is 0 Å². The lowest BCUT2D eigenvalue weighted by Crippen LogP contribution is -2.33. The summed E-state index contributed by atoms with van der Waals surface area (Å²) in [6, 6.07) is 4.72. The minimum atomic E-state index is -3.56. The third-order valence-electron chi connectivity index (χ3n) is 4.30. The molecule has 2 N–H and O–H groups in total. The minimum absolute atomic E-state index is 0. The van der Waals surface area contributed by atoms with Gasteiger partial charge < -0.3 is 10.6 Å². The summed E-state index contributed by atoms with van der Waals surface area (Å²) < 4.78 is 26.5. The number of nitrogens with one attached hydrogen (secondary N) is 2. The third kappa shape index (κ3) is 4.47. The van der Waals surface area contributed by atoms with E-state index in [1.54, 1.807) is 25.2 Å². The average molecular weight is 376 g/mol. The summed E-state index contributed by atoms with van der Waals surface area (Å²) in [5, 5.41) is 6.02. The van der Waals surface area contributed by atoms with Crippen LogP contribution in [0.25, 0.3) is 0 Å². The van der Waals surface area contributed by atoms with Crippen LogP contribution in [-0.4, -0.2) is 44.8 Å². The van der Waals surface area contributed by atoms with E-state index in [9.17, 15) is 13.2 Å². The quantitative estimate of drug-likeness (QED) is 0.825. The van der Waals surface area contributed by atoms with Crippen LogP contribution in [0.2, 0.25) is 0 Å². The van der Waals surface area contributed by atoms with Crippen LogP contribution in [0.1, 0.15) is 25.8 Å². The van der Waals surface area contributed by atoms with Crippen molar-refractivity contribution in [2.45, 2.75) is 38.1 Å². The number of amides is 1. The molecule has 1 amide bonds. The van der Waals surface area contributed by atoms with Gasteiger partial charge in [-0.3, -0.25) is 4.79 Å². The fraction of sp³-hybridized carbons (Fsp3) is 0.562. The molecule has 0 aromatic heterocycles. The monoisotopic (exact) mass is 375 g/mol. The molecule has 0 bridgehead atoms. The van der Waals surface area contributed by atoms with E-state index in [-0.39, 0.29) is 35.2 Å². The van der Waals surface area contributed by atoms with Gasteiger partial charge in [-0.25, -0.2) is 8.42 Å². The smallest absolute Gasteiger partial charge is 0.243 e. The highest BCUT2D eigenvalue weighted by atomic mass is 35.5. The van der Waals surface area contributed by atoms with E-state index in [1.807, 2.05) is 20.8 Å². The zero-order valence-electron chi connectivity index (χ0n) is 14.5. The zero-order chi connectivity index (χ0) is 17.2. The number of hydrogen-bond acceptors (Lipinski definition) is 4. The van der Waals surface area contributed by atoms with E-state index in [0.29, 0.717) is 12.2 Å². The molecule has 6 nitrogen and oxygen atoms in total. The highest BCUT2D eigenvalue weighted by Crippen LogP contribution is 2.24. The largest absolute Gasteiger partial charge is 0.326 e. The molecule has 24 heavy (non-hydrogen) atoms. The van der Waals surface area contributed by atoms with Crippen molar-refractivity contribution >= 4 is 34.0 Å². The molecule has 2 rings (SSSR count). The maximum Gasteiger partial charge on any atom is 0.243 e. The molecule has 1 unspecified atom stereocenters. The first-order valence-electron chi connectivity index (χ1n) is 7.83. The molecular weight excluding hydrogens is 350 g/mol. The van der Waals surface area contributed by atoms with E-state index in [4.69, 9.17) is 0 Å². The van der Waals surface area contributed by atoms with Crippen LogP contribution in [-0.2, 0) is 14.8 Å². The fourth-order valence-corrected chi connectivity index (χ4v) is 3.85. The van der Waals surface area contributed by atoms with Gasteiger partial charge in [0, 0.05) is 25.3 Å². The number of benzene rings is 1. The van der Waals surface area contributed by atoms with Crippen molar-refractivity contribution in [1.82, 2.24) is 9.62 Å². The summed E-state index contributed by atoms with van der Waals surface area (Å²) in [5.41, 5.74) is 1.40. The van der Waals surface area contributed by atoms with Crippen molar-refractivity contribution in [3.63, 3.8) is 0 Å². The third-order valence-corrected chi connectivity index (χ3v) is 6.33. The van der Waals surface area contributed by atoms with Gasteiger partial charge in [0.1, 0.15) is 0 Å². The van der Waals surface area contributed by atoms with Crippen molar-refractivity contribution in [2.24, 2.45) is 5.92 Å². The Kier molecular flexibility index (Phi) is 7.22. The molecule has 0 aliphatic carbocycles. The van der Waals surface area contributed by atoms with Gasteiger partial charge in [0.15, 0.2) is 0 Å². The molecule has 0 radical (unpaired) electrons. The van der Waals surface area contributed by atoms with Crippen LogP contribution in [0.4, 0.5) is 5.69 Å². The number of carbonyl (C=O) groups is 1. The Morgan fingerprint density at radius 1 is 1.38 bits per heavy atom. The molecule has 1 aromatic rings. The van der Waals surface area contributed by atoms with Crippen LogP contribution in [0.5, 0.6) is 0 Å². The first-order valence-corrected chi connectivity index (χ1v) is 9.27. The molecule has 0 spiro atoms. The van der Waals surface area contributed by atoms with E-state index in [1.165, 1.54) is 4.31 Å². The Bertz CT molecular complexity index is 686. The lowest BCUT2D eigenvalue weighted by molar-refractivity contribution is -0.119. The summed E-state index contributed by atoms with van der Waals surface area (Å²) >= 11 is 0. The highest BCUT2D eigenvalue weighted by Gasteiger charge is 2.25. The van der Waals surface area contributed by atoms with Gasteiger partial charge >= 0.3 is 0 Å². The number of anilines is 1. The number of carbonyl (C=O) groups excluding carboxylic acids is 1. The number of rotatable bonds is 5. The molecule has 1 heterocycles. The standard InChI is InChI=1S/C16H25N3O3S.ClH/c1-11(2)19(4)23(21,22)14-6-5-12(3)15(9-14)18-16(20)13-7-8-17-10-13;/h5-6,9,11,13,17H,7-8,10H2,1-4H3,(H,18,20);1H. The van der Waals surface area contributed by atoms with E-state index in [2.05, 4.69) is 10.6 Å². The number of sulfonamides is 1. The Labute approximate surface area is 150 Å². The van der Waals surface area contributed by atoms with Crippen molar-refractivity contribution in [3.8, 4) is 0 Å². The molecule has 1 aliphatic rings. The first kappa shape index (κ1) is 20.9. The van der Waals surface area contributed by atoms with Crippen molar-refractivity contribution in [1.29, 1.82) is 0 Å². The lowest BCUT2D eigenvalue weighted by Gasteiger charge is -2.22. The topological polar surface area (TPSA) is 78.5 Å². The lowest BCUT2D eigenvalue weighted by atomic mass is 10.1. The van der Waals surface area contributed by atoms with Crippen LogP contribution in [0.15, 0.2) is 23.1 Å². The number of hydrogen-bond donors (Lipinski definition) is 2. The van der Waals surface area contributed by atoms with Gasteiger partial charge in [0.05, 0.1) is 10.8 Å². The second-order valence-electron chi connectivity index (χ2n) is 6.27. The second kappa shape index (κ2) is 8.29. The molecule has 1 atom stereocenters. The Morgan fingerprint density at radius 3 is 2.58 bits per heavy atom. The van der Waals surface area contributed by atoms with Crippen molar-refractivity contribution in [2.75, 3.05) is 25.5 Å². The first-order chi connectivity index (χ1) is 10.7. The van der Waals surface area contributed by atoms with Gasteiger partial charge in [-0.1, -0.05) is 6.07 Å². The molecule has 1 aliphatic heterocycles. The van der Waals surface area contributed by atoms with Crippen molar-refractivity contribution in [3.05, 3.63) is 23.8 Å². The minimum Gasteiger partial charge on any atom is -0.326 e. The van der Waals surface area contributed by atoms with Crippen LogP contribution in [0.3, 0.4) is 0 Å². The molecule has 1 aromatic carbocycles. The summed E-state index contributed by atoms with van der Waals surface area (Å²) in [5.74, 6) is -0.127. The predicted octanol–water partition coefficient (Wildman–Crippen LogP) is 1.99. The number of nitrogens with zero attached hydrogens (tertiary/aromatic N) is 1. The fourth-order valence-electron chi connectivity index (χ4n) is 2.45. The van der Waals surface area contributed by atoms with Gasteiger partial charge in [-0.05, 0) is 51.4 Å². The van der Waals surface area contributed by atoms with Gasteiger partial charge in [-0.15, -0.1) is 12.4 Å². The Balaban J connectivity index is 0.00000288. The molecular formula is C16H26ClN3O3S. The summed E-state index contributed by atoms with van der Waals surface area (Å²) in [4.78, 5) is 12.5. The predicted molar refractivity (Wildman–Crippen MR) is 98.1 cm³/mol. The molecule has 1 fully saturated rings. The molecule has 8 heteroatoms. The maximum atomic E-state index is 12.6. The normalized spacial score (nSPS) is 17.8. The van der Waals surface area contributed by atoms with Crippen LogP contribution >= 0.6 is 12.4 Å². The molecule has 136 valence electrons. The summed E-state index contributed by atoms with van der Waals surface area (Å²) in [7, 11) is -2.00. The van der Waals surface area contributed by atoms with Crippen molar-refractivity contribution < 1.29 is 13.2 Å². The Hall–Kier alpha value is -1.15. The summed E-state index contributed by atoms with van der Waals surface area (Å²) in [6.07, 6.45) is 0.805. The van der Waals surface area contributed by atoms with E-state index < -0.39 is 10.0 Å². The average Bonchev–Trinajstić information content (AvgIpc) is 3.02. The molecule has 1 saturated heterocycles. The maximum absolute atomic E-state index is 12.6. The molecule has 0 saturated carbocycles. The van der Waals surface area contributed by atoms with E-state index in [0.717, 1.165) is 18.5 Å². The van der Waals surface area contributed by atoms with Gasteiger partial charge in [-0.2, -0.15) is 4.31 Å². The zero-order valence-corrected chi connectivity index (χ0v) is 16.1. The summed E-state index contributed by atoms with van der Waals surface area (Å²) in [6.45, 7) is 7.00. The Morgan fingerprint density at radius 2 is 2.04 bits per heavy atom. The second-order valence-corrected chi connectivity index (χ2v) is 8.27. The highest BCUT2D eigenvalue weighted by molar-refractivity contribution is 7.89. The van der Waals surface area contributed by atoms with E-state index >= 15 is 0 Å². The number of aryl methyl sites for hydroxylation is 1. The van der Waals surface area contributed by atoms with Crippen LogP contribution < -0.4 is 10.6 Å². The number of halogens is 1. The SMILES string of the molecule is Cc1ccc(S(=O)(=O)N(C)C(C)C)cc1NC(=O)C1CCNC1.Cl.